The Morgan fingerprint density at radius 2 is 1.97 bits per heavy atom. The van der Waals surface area contributed by atoms with Crippen molar-refractivity contribution in [3.05, 3.63) is 33.9 Å². The molecule has 1 heterocycles. The summed E-state index contributed by atoms with van der Waals surface area (Å²) in [6.45, 7) is 8.62. The number of nitro benzene ring substituents is 1. The van der Waals surface area contributed by atoms with E-state index < -0.39 is 17.2 Å². The van der Waals surface area contributed by atoms with Crippen LogP contribution in [-0.2, 0) is 20.8 Å². The number of anilines is 1. The fourth-order valence-corrected chi connectivity index (χ4v) is 3.19. The first kappa shape index (κ1) is 21.3. The zero-order valence-electron chi connectivity index (χ0n) is 17.2. The Balaban J connectivity index is 1.59. The van der Waals surface area contributed by atoms with Gasteiger partial charge >= 0.3 is 6.09 Å². The van der Waals surface area contributed by atoms with Gasteiger partial charge in [-0.1, -0.05) is 0 Å². The fraction of sp³-hybridized carbons (Fsp3) is 0.650. The highest BCUT2D eigenvalue weighted by Gasteiger charge is 2.45. The Morgan fingerprint density at radius 3 is 2.55 bits per heavy atom. The molecule has 3 rings (SSSR count). The van der Waals surface area contributed by atoms with E-state index in [1.165, 1.54) is 6.07 Å². The highest BCUT2D eigenvalue weighted by molar-refractivity contribution is 5.69. The Labute approximate surface area is 170 Å². The normalized spacial score (nSPS) is 18.2. The number of benzene rings is 1. The number of carbonyl (C=O) groups excluding carboxylic acids is 1. The van der Waals surface area contributed by atoms with Crippen LogP contribution in [0, 0.1) is 10.1 Å². The van der Waals surface area contributed by atoms with E-state index in [-0.39, 0.29) is 17.2 Å². The molecule has 1 aliphatic heterocycles. The lowest BCUT2D eigenvalue weighted by molar-refractivity contribution is -0.384. The van der Waals surface area contributed by atoms with Crippen molar-refractivity contribution in [3.8, 4) is 0 Å². The van der Waals surface area contributed by atoms with E-state index in [1.54, 1.807) is 6.07 Å². The third-order valence-electron chi connectivity index (χ3n) is 4.82. The smallest absolute Gasteiger partial charge is 0.408 e. The fourth-order valence-electron chi connectivity index (χ4n) is 3.19. The van der Waals surface area contributed by atoms with Gasteiger partial charge in [0.05, 0.1) is 36.9 Å². The highest BCUT2D eigenvalue weighted by atomic mass is 16.6. The van der Waals surface area contributed by atoms with Crippen molar-refractivity contribution in [2.45, 2.75) is 51.4 Å². The number of nitrogens with one attached hydrogen (secondary N) is 1. The summed E-state index contributed by atoms with van der Waals surface area (Å²) >= 11 is 0. The average molecular weight is 407 g/mol. The minimum atomic E-state index is -0.556. The first-order valence-electron chi connectivity index (χ1n) is 9.86. The summed E-state index contributed by atoms with van der Waals surface area (Å²) in [7, 11) is 0. The summed E-state index contributed by atoms with van der Waals surface area (Å²) in [5.74, 6) is 0. The standard InChI is InChI=1S/C20H29N3O6/c1-19(2,3)29-18(24)21-20(4-5-20)14-28-13-15-10-16(12-17(11-15)23(25)26)22-6-8-27-9-7-22/h10-12H,4-9,13-14H2,1-3H3,(H,21,24). The van der Waals surface area contributed by atoms with E-state index in [0.29, 0.717) is 32.9 Å². The lowest BCUT2D eigenvalue weighted by Crippen LogP contribution is -2.43. The molecule has 2 aliphatic rings. The number of rotatable bonds is 7. The zero-order valence-corrected chi connectivity index (χ0v) is 17.2. The van der Waals surface area contributed by atoms with Gasteiger partial charge in [0.25, 0.3) is 5.69 Å². The molecule has 1 amide bonds. The number of ether oxygens (including phenoxy) is 3. The molecule has 1 N–H and O–H groups in total. The van der Waals surface area contributed by atoms with Crippen LogP contribution in [0.5, 0.6) is 0 Å². The van der Waals surface area contributed by atoms with Crippen molar-refractivity contribution in [2.24, 2.45) is 0 Å². The summed E-state index contributed by atoms with van der Waals surface area (Å²) < 4.78 is 16.5. The van der Waals surface area contributed by atoms with Gasteiger partial charge in [0.15, 0.2) is 0 Å². The number of hydrogen-bond acceptors (Lipinski definition) is 7. The molecule has 0 unspecified atom stereocenters. The van der Waals surface area contributed by atoms with Gasteiger partial charge in [-0.25, -0.2) is 4.79 Å². The molecule has 1 aromatic carbocycles. The van der Waals surface area contributed by atoms with Crippen LogP contribution in [0.15, 0.2) is 18.2 Å². The number of alkyl carbamates (subject to hydrolysis) is 1. The first-order chi connectivity index (χ1) is 13.7. The van der Waals surface area contributed by atoms with Crippen LogP contribution in [0.1, 0.15) is 39.2 Å². The third-order valence-corrected chi connectivity index (χ3v) is 4.82. The van der Waals surface area contributed by atoms with Gasteiger partial charge in [-0.3, -0.25) is 10.1 Å². The molecular formula is C20H29N3O6. The van der Waals surface area contributed by atoms with E-state index in [9.17, 15) is 14.9 Å². The monoisotopic (exact) mass is 407 g/mol. The number of amides is 1. The van der Waals surface area contributed by atoms with Gasteiger partial charge in [0.1, 0.15) is 5.60 Å². The maximum atomic E-state index is 12.0. The van der Waals surface area contributed by atoms with Crippen LogP contribution in [0.3, 0.4) is 0 Å². The van der Waals surface area contributed by atoms with Gasteiger partial charge in [-0.05, 0) is 45.2 Å². The van der Waals surface area contributed by atoms with Crippen molar-refractivity contribution in [3.63, 3.8) is 0 Å². The molecule has 1 saturated carbocycles. The molecule has 0 bridgehead atoms. The number of hydrogen-bond donors (Lipinski definition) is 1. The Kier molecular flexibility index (Phi) is 6.28. The minimum Gasteiger partial charge on any atom is -0.444 e. The van der Waals surface area contributed by atoms with Gasteiger partial charge in [0.2, 0.25) is 0 Å². The van der Waals surface area contributed by atoms with E-state index in [1.807, 2.05) is 26.8 Å². The Morgan fingerprint density at radius 1 is 1.28 bits per heavy atom. The molecule has 29 heavy (non-hydrogen) atoms. The molecule has 0 spiro atoms. The third kappa shape index (κ3) is 6.30. The van der Waals surface area contributed by atoms with Crippen molar-refractivity contribution in [1.82, 2.24) is 5.32 Å². The second-order valence-corrected chi connectivity index (χ2v) is 8.61. The van der Waals surface area contributed by atoms with Gasteiger partial charge in [-0.2, -0.15) is 0 Å². The maximum absolute atomic E-state index is 12.0. The molecule has 0 radical (unpaired) electrons. The zero-order chi connectivity index (χ0) is 21.1. The molecule has 0 atom stereocenters. The maximum Gasteiger partial charge on any atom is 0.408 e. The quantitative estimate of drug-likeness (QED) is 0.547. The van der Waals surface area contributed by atoms with E-state index in [0.717, 1.165) is 24.1 Å². The molecule has 2 fully saturated rings. The van der Waals surface area contributed by atoms with Gasteiger partial charge < -0.3 is 24.4 Å². The van der Waals surface area contributed by atoms with Crippen LogP contribution in [0.25, 0.3) is 0 Å². The van der Waals surface area contributed by atoms with Crippen LogP contribution >= 0.6 is 0 Å². The molecule has 0 aromatic heterocycles. The molecule has 1 aromatic rings. The number of nitrogens with zero attached hydrogens (tertiary/aromatic N) is 2. The first-order valence-corrected chi connectivity index (χ1v) is 9.86. The number of morpholine rings is 1. The molecule has 160 valence electrons. The Bertz CT molecular complexity index is 751. The minimum absolute atomic E-state index is 0.0422. The van der Waals surface area contributed by atoms with Crippen LogP contribution in [0.4, 0.5) is 16.2 Å². The highest BCUT2D eigenvalue weighted by Crippen LogP contribution is 2.36. The summed E-state index contributed by atoms with van der Waals surface area (Å²) in [6.07, 6.45) is 1.18. The van der Waals surface area contributed by atoms with Crippen molar-refractivity contribution < 1.29 is 23.9 Å². The Hall–Kier alpha value is -2.39. The van der Waals surface area contributed by atoms with Gasteiger partial charge in [0, 0.05) is 30.9 Å². The predicted octanol–water partition coefficient (Wildman–Crippen LogP) is 3.01. The number of nitro groups is 1. The second-order valence-electron chi connectivity index (χ2n) is 8.61. The molecular weight excluding hydrogens is 378 g/mol. The van der Waals surface area contributed by atoms with Gasteiger partial charge in [-0.15, -0.1) is 0 Å². The van der Waals surface area contributed by atoms with Crippen LogP contribution in [-0.4, -0.2) is 55.1 Å². The second kappa shape index (κ2) is 8.54. The average Bonchev–Trinajstić information content (AvgIpc) is 3.39. The van der Waals surface area contributed by atoms with E-state index >= 15 is 0 Å². The topological polar surface area (TPSA) is 103 Å². The summed E-state index contributed by atoms with van der Waals surface area (Å²) in [5.41, 5.74) is 0.610. The van der Waals surface area contributed by atoms with Crippen molar-refractivity contribution in [1.29, 1.82) is 0 Å². The molecule has 1 saturated heterocycles. The summed E-state index contributed by atoms with van der Waals surface area (Å²) in [5, 5.41) is 14.2. The lowest BCUT2D eigenvalue weighted by Gasteiger charge is -2.29. The molecule has 9 heteroatoms. The van der Waals surface area contributed by atoms with E-state index in [4.69, 9.17) is 14.2 Å². The van der Waals surface area contributed by atoms with Crippen molar-refractivity contribution >= 4 is 17.5 Å². The van der Waals surface area contributed by atoms with Crippen LogP contribution < -0.4 is 10.2 Å². The van der Waals surface area contributed by atoms with E-state index in [2.05, 4.69) is 10.2 Å². The van der Waals surface area contributed by atoms with Crippen molar-refractivity contribution in [2.75, 3.05) is 37.8 Å². The number of non-ortho nitro benzene ring substituents is 1. The SMILES string of the molecule is CC(C)(C)OC(=O)NC1(COCc2cc(N3CCOCC3)cc([N+](=O)[O-])c2)CC1. The lowest BCUT2D eigenvalue weighted by atomic mass is 10.1. The largest absolute Gasteiger partial charge is 0.444 e. The molecule has 1 aliphatic carbocycles. The predicted molar refractivity (Wildman–Crippen MR) is 107 cm³/mol. The molecule has 9 nitrogen and oxygen atoms in total. The number of carbonyl (C=O) groups is 1. The van der Waals surface area contributed by atoms with Crippen LogP contribution in [0.2, 0.25) is 0 Å². The summed E-state index contributed by atoms with van der Waals surface area (Å²) in [6, 6.07) is 5.03. The summed E-state index contributed by atoms with van der Waals surface area (Å²) in [4.78, 5) is 25.0.